The van der Waals surface area contributed by atoms with Crippen LogP contribution in [0, 0.1) is 11.3 Å². The second-order valence-corrected chi connectivity index (χ2v) is 3.91. The van der Waals surface area contributed by atoms with Gasteiger partial charge in [-0.2, -0.15) is 5.26 Å². The smallest absolute Gasteiger partial charge is 0.259 e. The highest BCUT2D eigenvalue weighted by Crippen LogP contribution is 2.16. The number of nitrogens with one attached hydrogen (secondary N) is 1. The minimum atomic E-state index is -0.313. The molecule has 0 fully saturated rings. The zero-order valence-corrected chi connectivity index (χ0v) is 8.99. The van der Waals surface area contributed by atoms with E-state index in [0.717, 1.165) is 5.00 Å². The molecule has 2 aromatic rings. The fraction of sp³-hybridized carbons (Fsp3) is 0. The van der Waals surface area contributed by atoms with Gasteiger partial charge < -0.3 is 5.32 Å². The van der Waals surface area contributed by atoms with Crippen molar-refractivity contribution in [1.82, 2.24) is 4.98 Å². The lowest BCUT2D eigenvalue weighted by molar-refractivity contribution is 0.102. The lowest BCUT2D eigenvalue weighted by atomic mass is 10.1. The second-order valence-electron chi connectivity index (χ2n) is 2.96. The van der Waals surface area contributed by atoms with E-state index >= 15 is 0 Å². The van der Waals surface area contributed by atoms with Gasteiger partial charge in [-0.3, -0.25) is 9.78 Å². The van der Waals surface area contributed by atoms with Gasteiger partial charge in [-0.05, 0) is 23.6 Å². The molecule has 4 nitrogen and oxygen atoms in total. The maximum absolute atomic E-state index is 11.8. The Bertz CT molecular complexity index is 543. The summed E-state index contributed by atoms with van der Waals surface area (Å²) in [5.41, 5.74) is 0.613. The van der Waals surface area contributed by atoms with E-state index in [2.05, 4.69) is 10.3 Å². The molecule has 0 bridgehead atoms. The third-order valence-electron chi connectivity index (χ3n) is 1.94. The molecule has 0 atom stereocenters. The number of hydrogen-bond donors (Lipinski definition) is 1. The molecule has 78 valence electrons. The average molecular weight is 229 g/mol. The predicted molar refractivity (Wildman–Crippen MR) is 61.2 cm³/mol. The molecule has 2 aromatic heterocycles. The number of nitriles is 1. The van der Waals surface area contributed by atoms with Crippen molar-refractivity contribution in [2.24, 2.45) is 0 Å². The second kappa shape index (κ2) is 4.55. The zero-order chi connectivity index (χ0) is 11.4. The van der Waals surface area contributed by atoms with Crippen LogP contribution in [-0.4, -0.2) is 10.9 Å². The first kappa shape index (κ1) is 10.3. The van der Waals surface area contributed by atoms with Gasteiger partial charge in [-0.15, -0.1) is 11.3 Å². The first-order valence-electron chi connectivity index (χ1n) is 4.50. The summed E-state index contributed by atoms with van der Waals surface area (Å²) in [6.45, 7) is 0. The van der Waals surface area contributed by atoms with Gasteiger partial charge in [-0.25, -0.2) is 0 Å². The molecule has 0 aliphatic heterocycles. The van der Waals surface area contributed by atoms with Gasteiger partial charge in [0.05, 0.1) is 16.1 Å². The summed E-state index contributed by atoms with van der Waals surface area (Å²) in [4.78, 5) is 15.6. The molecule has 0 aromatic carbocycles. The van der Waals surface area contributed by atoms with Crippen LogP contribution in [0.4, 0.5) is 5.00 Å². The number of amides is 1. The molecular formula is C11H7N3OS. The molecule has 0 aliphatic rings. The lowest BCUT2D eigenvalue weighted by Crippen LogP contribution is -2.12. The summed E-state index contributed by atoms with van der Waals surface area (Å²) in [6.07, 6.45) is 2.88. The molecule has 1 N–H and O–H groups in total. The Balaban J connectivity index is 2.25. The monoisotopic (exact) mass is 229 g/mol. The predicted octanol–water partition coefficient (Wildman–Crippen LogP) is 2.27. The minimum absolute atomic E-state index is 0.290. The fourth-order valence-electron chi connectivity index (χ4n) is 1.20. The number of carbonyl (C=O) groups excluding carboxylic acids is 1. The van der Waals surface area contributed by atoms with Crippen LogP contribution >= 0.6 is 11.3 Å². The molecule has 2 rings (SSSR count). The Morgan fingerprint density at radius 1 is 1.50 bits per heavy atom. The van der Waals surface area contributed by atoms with Crippen molar-refractivity contribution in [3.63, 3.8) is 0 Å². The summed E-state index contributed by atoms with van der Waals surface area (Å²) in [6, 6.07) is 7.11. The third kappa shape index (κ3) is 2.07. The van der Waals surface area contributed by atoms with E-state index in [9.17, 15) is 4.79 Å². The van der Waals surface area contributed by atoms with Crippen molar-refractivity contribution < 1.29 is 4.79 Å². The molecule has 1 amide bonds. The van der Waals surface area contributed by atoms with Gasteiger partial charge in [0.1, 0.15) is 6.07 Å². The van der Waals surface area contributed by atoms with Crippen LogP contribution in [0.3, 0.4) is 0 Å². The first-order chi connectivity index (χ1) is 7.81. The van der Waals surface area contributed by atoms with E-state index in [0.29, 0.717) is 11.1 Å². The quantitative estimate of drug-likeness (QED) is 0.859. The Labute approximate surface area is 96.2 Å². The van der Waals surface area contributed by atoms with E-state index in [4.69, 9.17) is 5.26 Å². The molecule has 0 unspecified atom stereocenters. The van der Waals surface area contributed by atoms with Crippen LogP contribution in [0.1, 0.15) is 15.9 Å². The Morgan fingerprint density at radius 2 is 2.38 bits per heavy atom. The summed E-state index contributed by atoms with van der Waals surface area (Å²) >= 11 is 1.42. The van der Waals surface area contributed by atoms with Crippen LogP contribution in [0.2, 0.25) is 0 Å². The Kier molecular flexibility index (Phi) is 2.94. The number of anilines is 1. The molecule has 0 aliphatic carbocycles. The van der Waals surface area contributed by atoms with Gasteiger partial charge in [0.15, 0.2) is 0 Å². The van der Waals surface area contributed by atoms with E-state index in [-0.39, 0.29) is 5.91 Å². The van der Waals surface area contributed by atoms with Crippen molar-refractivity contribution in [1.29, 1.82) is 5.26 Å². The van der Waals surface area contributed by atoms with Crippen LogP contribution in [0.5, 0.6) is 0 Å². The van der Waals surface area contributed by atoms with Gasteiger partial charge in [-0.1, -0.05) is 0 Å². The normalized spacial score (nSPS) is 9.44. The van der Waals surface area contributed by atoms with Crippen molar-refractivity contribution in [2.75, 3.05) is 5.32 Å². The first-order valence-corrected chi connectivity index (χ1v) is 5.38. The number of aromatic nitrogens is 1. The van der Waals surface area contributed by atoms with Crippen LogP contribution < -0.4 is 5.32 Å². The zero-order valence-electron chi connectivity index (χ0n) is 8.18. The topological polar surface area (TPSA) is 65.8 Å². The molecule has 0 spiro atoms. The van der Waals surface area contributed by atoms with Crippen LogP contribution in [-0.2, 0) is 0 Å². The maximum atomic E-state index is 11.8. The number of hydrogen-bond acceptors (Lipinski definition) is 4. The summed E-state index contributed by atoms with van der Waals surface area (Å²) in [5.74, 6) is -0.313. The molecule has 2 heterocycles. The molecule has 0 saturated heterocycles. The highest BCUT2D eigenvalue weighted by atomic mass is 32.1. The summed E-state index contributed by atoms with van der Waals surface area (Å²) in [5, 5.41) is 14.2. The fourth-order valence-corrected chi connectivity index (χ4v) is 1.81. The number of thiophene rings is 1. The maximum Gasteiger partial charge on any atom is 0.259 e. The summed E-state index contributed by atoms with van der Waals surface area (Å²) in [7, 11) is 0. The van der Waals surface area contributed by atoms with E-state index in [1.165, 1.54) is 29.8 Å². The average Bonchev–Trinajstić information content (AvgIpc) is 2.81. The number of carbonyl (C=O) groups is 1. The van der Waals surface area contributed by atoms with E-state index in [1.54, 1.807) is 6.07 Å². The van der Waals surface area contributed by atoms with Crippen molar-refractivity contribution in [2.45, 2.75) is 0 Å². The van der Waals surface area contributed by atoms with Crippen molar-refractivity contribution in [3.8, 4) is 6.07 Å². The third-order valence-corrected chi connectivity index (χ3v) is 2.73. The minimum Gasteiger partial charge on any atom is -0.313 e. The molecular weight excluding hydrogens is 222 g/mol. The number of pyridine rings is 1. The van der Waals surface area contributed by atoms with Gasteiger partial charge in [0, 0.05) is 12.4 Å². The van der Waals surface area contributed by atoms with Crippen LogP contribution in [0.25, 0.3) is 0 Å². The van der Waals surface area contributed by atoms with Gasteiger partial charge in [0.25, 0.3) is 5.91 Å². The Morgan fingerprint density at radius 3 is 3.06 bits per heavy atom. The SMILES string of the molecule is N#Cc1ccncc1C(=O)Nc1cccs1. The van der Waals surface area contributed by atoms with Crippen LogP contribution in [0.15, 0.2) is 36.0 Å². The van der Waals surface area contributed by atoms with Gasteiger partial charge in [0.2, 0.25) is 0 Å². The standard InChI is InChI=1S/C11H7N3OS/c12-6-8-3-4-13-7-9(8)11(15)14-10-2-1-5-16-10/h1-5,7H,(H,14,15). The largest absolute Gasteiger partial charge is 0.313 e. The highest BCUT2D eigenvalue weighted by Gasteiger charge is 2.11. The van der Waals surface area contributed by atoms with E-state index in [1.807, 2.05) is 17.5 Å². The number of nitrogens with zero attached hydrogens (tertiary/aromatic N) is 2. The number of rotatable bonds is 2. The van der Waals surface area contributed by atoms with Gasteiger partial charge >= 0.3 is 0 Å². The summed E-state index contributed by atoms with van der Waals surface area (Å²) < 4.78 is 0. The Hall–Kier alpha value is -2.19. The van der Waals surface area contributed by atoms with Crippen molar-refractivity contribution >= 4 is 22.2 Å². The molecule has 16 heavy (non-hydrogen) atoms. The highest BCUT2D eigenvalue weighted by molar-refractivity contribution is 7.14. The molecule has 0 saturated carbocycles. The molecule has 5 heteroatoms. The lowest BCUT2D eigenvalue weighted by Gasteiger charge is -2.02. The van der Waals surface area contributed by atoms with Crippen molar-refractivity contribution in [3.05, 3.63) is 47.1 Å². The molecule has 0 radical (unpaired) electrons. The van der Waals surface area contributed by atoms with E-state index < -0.39 is 0 Å².